The zero-order valence-corrected chi connectivity index (χ0v) is 11.2. The molecular weight excluding hydrogens is 238 g/mol. The number of aromatic nitrogens is 4. The Balaban J connectivity index is 1.87. The van der Waals surface area contributed by atoms with E-state index < -0.39 is 0 Å². The van der Waals surface area contributed by atoms with Gasteiger partial charge in [0.25, 0.3) is 0 Å². The van der Waals surface area contributed by atoms with Gasteiger partial charge in [-0.15, -0.1) is 0 Å². The van der Waals surface area contributed by atoms with Crippen LogP contribution in [0.25, 0.3) is 11.3 Å². The zero-order chi connectivity index (χ0) is 13.1. The molecule has 0 bridgehead atoms. The first-order valence-corrected chi connectivity index (χ1v) is 6.85. The van der Waals surface area contributed by atoms with Crippen molar-refractivity contribution in [2.24, 2.45) is 5.92 Å². The first-order valence-electron chi connectivity index (χ1n) is 6.85. The van der Waals surface area contributed by atoms with Crippen LogP contribution in [0.1, 0.15) is 24.2 Å². The van der Waals surface area contributed by atoms with Crippen molar-refractivity contribution in [1.82, 2.24) is 25.5 Å². The lowest BCUT2D eigenvalue weighted by Crippen LogP contribution is -2.29. The molecule has 0 saturated carbocycles. The van der Waals surface area contributed by atoms with E-state index in [1.807, 2.05) is 13.1 Å². The van der Waals surface area contributed by atoms with Gasteiger partial charge in [0, 0.05) is 23.7 Å². The highest BCUT2D eigenvalue weighted by Crippen LogP contribution is 2.25. The number of aromatic amines is 1. The Labute approximate surface area is 112 Å². The van der Waals surface area contributed by atoms with Crippen LogP contribution in [0.2, 0.25) is 0 Å². The minimum Gasteiger partial charge on any atom is -0.317 e. The van der Waals surface area contributed by atoms with Gasteiger partial charge in [-0.3, -0.25) is 15.1 Å². The van der Waals surface area contributed by atoms with Crippen molar-refractivity contribution in [2.75, 3.05) is 13.1 Å². The van der Waals surface area contributed by atoms with Crippen LogP contribution in [0, 0.1) is 12.8 Å². The Hall–Kier alpha value is -1.75. The molecule has 1 fully saturated rings. The van der Waals surface area contributed by atoms with E-state index in [0.29, 0.717) is 5.92 Å². The van der Waals surface area contributed by atoms with Crippen molar-refractivity contribution < 1.29 is 0 Å². The van der Waals surface area contributed by atoms with Gasteiger partial charge in [-0.2, -0.15) is 5.10 Å². The van der Waals surface area contributed by atoms with Crippen molar-refractivity contribution in [2.45, 2.75) is 26.2 Å². The fraction of sp³-hybridized carbons (Fsp3) is 0.500. The summed E-state index contributed by atoms with van der Waals surface area (Å²) in [5, 5.41) is 10.5. The minimum absolute atomic E-state index is 0.712. The molecule has 0 amide bonds. The van der Waals surface area contributed by atoms with E-state index in [1.54, 1.807) is 12.4 Å². The Morgan fingerprint density at radius 2 is 2.00 bits per heavy atom. The fourth-order valence-electron chi connectivity index (χ4n) is 2.69. The van der Waals surface area contributed by atoms with E-state index in [2.05, 4.69) is 25.5 Å². The van der Waals surface area contributed by atoms with E-state index in [-0.39, 0.29) is 0 Å². The third kappa shape index (κ3) is 2.66. The molecule has 2 aromatic heterocycles. The Kier molecular flexibility index (Phi) is 3.55. The van der Waals surface area contributed by atoms with Crippen LogP contribution in [0.15, 0.2) is 18.6 Å². The molecule has 3 heterocycles. The number of rotatable bonds is 3. The minimum atomic E-state index is 0.712. The van der Waals surface area contributed by atoms with E-state index in [9.17, 15) is 0 Å². The highest BCUT2D eigenvalue weighted by atomic mass is 15.1. The molecule has 0 radical (unpaired) electrons. The largest absolute Gasteiger partial charge is 0.317 e. The predicted octanol–water partition coefficient (Wildman–Crippen LogP) is 1.72. The molecule has 0 atom stereocenters. The van der Waals surface area contributed by atoms with E-state index in [0.717, 1.165) is 42.2 Å². The lowest BCUT2D eigenvalue weighted by atomic mass is 9.91. The molecule has 1 aliphatic rings. The molecule has 5 heteroatoms. The van der Waals surface area contributed by atoms with Crippen molar-refractivity contribution in [3.8, 4) is 11.3 Å². The number of aryl methyl sites for hydroxylation is 1. The second-order valence-corrected chi connectivity index (χ2v) is 5.16. The van der Waals surface area contributed by atoms with Crippen LogP contribution in [-0.4, -0.2) is 33.3 Å². The molecule has 2 N–H and O–H groups in total. The summed E-state index contributed by atoms with van der Waals surface area (Å²) in [6.07, 6.45) is 8.84. The average Bonchev–Trinajstić information content (AvgIpc) is 2.87. The maximum absolute atomic E-state index is 4.55. The summed E-state index contributed by atoms with van der Waals surface area (Å²) in [5.41, 5.74) is 4.19. The summed E-state index contributed by atoms with van der Waals surface area (Å²) in [6.45, 7) is 4.25. The van der Waals surface area contributed by atoms with Crippen LogP contribution in [0.4, 0.5) is 0 Å². The molecule has 19 heavy (non-hydrogen) atoms. The molecule has 1 saturated heterocycles. The summed E-state index contributed by atoms with van der Waals surface area (Å²) >= 11 is 0. The number of hydrogen-bond acceptors (Lipinski definition) is 4. The lowest BCUT2D eigenvalue weighted by Gasteiger charge is -2.22. The lowest BCUT2D eigenvalue weighted by molar-refractivity contribution is 0.370. The van der Waals surface area contributed by atoms with Crippen molar-refractivity contribution in [3.05, 3.63) is 30.0 Å². The summed E-state index contributed by atoms with van der Waals surface area (Å²) in [6, 6.07) is 0. The van der Waals surface area contributed by atoms with Crippen LogP contribution in [0.5, 0.6) is 0 Å². The SMILES string of the molecule is Cc1[nH]ncc1-c1nccnc1CC1CCNCC1. The molecular formula is C14H19N5. The number of piperidine rings is 1. The fourth-order valence-corrected chi connectivity index (χ4v) is 2.69. The van der Waals surface area contributed by atoms with E-state index >= 15 is 0 Å². The van der Waals surface area contributed by atoms with Crippen LogP contribution >= 0.6 is 0 Å². The third-order valence-corrected chi connectivity index (χ3v) is 3.80. The average molecular weight is 257 g/mol. The topological polar surface area (TPSA) is 66.5 Å². The smallest absolute Gasteiger partial charge is 0.0951 e. The van der Waals surface area contributed by atoms with Crippen molar-refractivity contribution in [3.63, 3.8) is 0 Å². The summed E-state index contributed by atoms with van der Waals surface area (Å²) in [5.74, 6) is 0.712. The predicted molar refractivity (Wildman–Crippen MR) is 73.6 cm³/mol. The van der Waals surface area contributed by atoms with E-state index in [1.165, 1.54) is 12.8 Å². The van der Waals surface area contributed by atoms with Crippen LogP contribution in [0.3, 0.4) is 0 Å². The highest BCUT2D eigenvalue weighted by molar-refractivity contribution is 5.62. The number of nitrogens with one attached hydrogen (secondary N) is 2. The van der Waals surface area contributed by atoms with Gasteiger partial charge in [-0.05, 0) is 45.2 Å². The first-order chi connectivity index (χ1) is 9.34. The second-order valence-electron chi connectivity index (χ2n) is 5.16. The van der Waals surface area contributed by atoms with Gasteiger partial charge in [0.2, 0.25) is 0 Å². The van der Waals surface area contributed by atoms with Crippen LogP contribution in [-0.2, 0) is 6.42 Å². The molecule has 3 rings (SSSR count). The van der Waals surface area contributed by atoms with Gasteiger partial charge < -0.3 is 5.32 Å². The quantitative estimate of drug-likeness (QED) is 0.878. The molecule has 0 aliphatic carbocycles. The van der Waals surface area contributed by atoms with Gasteiger partial charge >= 0.3 is 0 Å². The maximum atomic E-state index is 4.55. The van der Waals surface area contributed by atoms with Gasteiger partial charge in [0.05, 0.1) is 17.6 Å². The molecule has 100 valence electrons. The summed E-state index contributed by atoms with van der Waals surface area (Å²) in [4.78, 5) is 9.05. The summed E-state index contributed by atoms with van der Waals surface area (Å²) < 4.78 is 0. The number of H-pyrrole nitrogens is 1. The van der Waals surface area contributed by atoms with E-state index in [4.69, 9.17) is 0 Å². The van der Waals surface area contributed by atoms with Crippen molar-refractivity contribution in [1.29, 1.82) is 0 Å². The van der Waals surface area contributed by atoms with Gasteiger partial charge in [0.15, 0.2) is 0 Å². The molecule has 2 aromatic rings. The Morgan fingerprint density at radius 3 is 2.74 bits per heavy atom. The maximum Gasteiger partial charge on any atom is 0.0951 e. The summed E-state index contributed by atoms with van der Waals surface area (Å²) in [7, 11) is 0. The monoisotopic (exact) mass is 257 g/mol. The molecule has 0 spiro atoms. The number of hydrogen-bond donors (Lipinski definition) is 2. The highest BCUT2D eigenvalue weighted by Gasteiger charge is 2.18. The first kappa shape index (κ1) is 12.3. The molecule has 0 unspecified atom stereocenters. The zero-order valence-electron chi connectivity index (χ0n) is 11.2. The van der Waals surface area contributed by atoms with Crippen LogP contribution < -0.4 is 5.32 Å². The Morgan fingerprint density at radius 1 is 1.21 bits per heavy atom. The third-order valence-electron chi connectivity index (χ3n) is 3.80. The molecule has 1 aliphatic heterocycles. The van der Waals surface area contributed by atoms with Gasteiger partial charge in [0.1, 0.15) is 0 Å². The van der Waals surface area contributed by atoms with Gasteiger partial charge in [-0.1, -0.05) is 0 Å². The standard InChI is InChI=1S/C14H19N5/c1-10-12(9-18-19-10)14-13(16-6-7-17-14)8-11-2-4-15-5-3-11/h6-7,9,11,15H,2-5,8H2,1H3,(H,18,19). The second kappa shape index (κ2) is 5.48. The molecule has 0 aromatic carbocycles. The Bertz CT molecular complexity index is 542. The van der Waals surface area contributed by atoms with Crippen molar-refractivity contribution >= 4 is 0 Å². The number of nitrogens with zero attached hydrogens (tertiary/aromatic N) is 3. The van der Waals surface area contributed by atoms with Gasteiger partial charge in [-0.25, -0.2) is 0 Å². The molecule has 5 nitrogen and oxygen atoms in total. The normalized spacial score (nSPS) is 16.7.